The molecule has 0 saturated carbocycles. The predicted octanol–water partition coefficient (Wildman–Crippen LogP) is 1.70. The second kappa shape index (κ2) is 9.20. The average Bonchev–Trinajstić information content (AvgIpc) is 2.46. The van der Waals surface area contributed by atoms with Gasteiger partial charge >= 0.3 is 5.97 Å². The smallest absolute Gasteiger partial charge is 0.340 e. The van der Waals surface area contributed by atoms with Gasteiger partial charge in [0, 0.05) is 12.5 Å². The number of hydrogen-bond donors (Lipinski definition) is 2. The summed E-state index contributed by atoms with van der Waals surface area (Å²) < 4.78 is 9.77. The third-order valence-electron chi connectivity index (χ3n) is 2.85. The van der Waals surface area contributed by atoms with Crippen molar-refractivity contribution in [2.75, 3.05) is 33.1 Å². The third-order valence-corrected chi connectivity index (χ3v) is 2.85. The van der Waals surface area contributed by atoms with Crippen molar-refractivity contribution in [2.45, 2.75) is 6.92 Å². The molecule has 0 saturated heterocycles. The molecule has 1 aromatic carbocycles. The van der Waals surface area contributed by atoms with Gasteiger partial charge in [-0.05, 0) is 25.2 Å². The summed E-state index contributed by atoms with van der Waals surface area (Å²) in [6.45, 7) is 2.35. The van der Waals surface area contributed by atoms with Crippen LogP contribution < -0.4 is 15.4 Å². The van der Waals surface area contributed by atoms with E-state index in [1.807, 2.05) is 0 Å². The summed E-state index contributed by atoms with van der Waals surface area (Å²) in [6, 6.07) is 4.82. The van der Waals surface area contributed by atoms with Crippen molar-refractivity contribution >= 4 is 30.0 Å². The van der Waals surface area contributed by atoms with Crippen molar-refractivity contribution in [1.82, 2.24) is 5.32 Å². The van der Waals surface area contributed by atoms with Crippen molar-refractivity contribution in [3.05, 3.63) is 23.8 Å². The molecule has 0 bridgehead atoms. The molecule has 0 spiro atoms. The zero-order valence-corrected chi connectivity index (χ0v) is 13.4. The molecular formula is C14H21ClN2O4. The molecule has 7 heteroatoms. The van der Waals surface area contributed by atoms with Gasteiger partial charge in [-0.15, -0.1) is 12.4 Å². The summed E-state index contributed by atoms with van der Waals surface area (Å²) in [7, 11) is 4.57. The van der Waals surface area contributed by atoms with Crippen LogP contribution in [0.3, 0.4) is 0 Å². The van der Waals surface area contributed by atoms with E-state index in [-0.39, 0.29) is 29.8 Å². The highest BCUT2D eigenvalue weighted by Gasteiger charge is 2.18. The third kappa shape index (κ3) is 5.24. The fourth-order valence-electron chi connectivity index (χ4n) is 1.69. The van der Waals surface area contributed by atoms with Gasteiger partial charge in [-0.1, -0.05) is 6.92 Å². The van der Waals surface area contributed by atoms with Crippen LogP contribution in [0.15, 0.2) is 18.2 Å². The number of anilines is 1. The molecule has 1 rings (SSSR count). The second-order valence-corrected chi connectivity index (χ2v) is 4.35. The van der Waals surface area contributed by atoms with Crippen LogP contribution in [0.5, 0.6) is 5.75 Å². The van der Waals surface area contributed by atoms with E-state index >= 15 is 0 Å². The Morgan fingerprint density at radius 2 is 1.95 bits per heavy atom. The predicted molar refractivity (Wildman–Crippen MR) is 83.3 cm³/mol. The standard InChI is InChI=1S/C14H20N2O4.ClH/c1-9(8-15-2)13(17)16-12-6-5-10(19-3)7-11(12)14(18)20-4;/h5-7,9,15H,8H2,1-4H3,(H,16,17);1H. The highest BCUT2D eigenvalue weighted by Crippen LogP contribution is 2.23. The van der Waals surface area contributed by atoms with Crippen LogP contribution in [0.2, 0.25) is 0 Å². The maximum Gasteiger partial charge on any atom is 0.340 e. The molecule has 0 aliphatic rings. The van der Waals surface area contributed by atoms with E-state index < -0.39 is 5.97 Å². The molecule has 0 aliphatic heterocycles. The lowest BCUT2D eigenvalue weighted by Crippen LogP contribution is -2.29. The van der Waals surface area contributed by atoms with Gasteiger partial charge in [0.2, 0.25) is 5.91 Å². The summed E-state index contributed by atoms with van der Waals surface area (Å²) in [5.74, 6) is -0.394. The van der Waals surface area contributed by atoms with Crippen molar-refractivity contribution in [2.24, 2.45) is 5.92 Å². The SMILES string of the molecule is CNCC(C)C(=O)Nc1ccc(OC)cc1C(=O)OC.Cl. The molecule has 0 radical (unpaired) electrons. The Kier molecular flexibility index (Phi) is 8.42. The quantitative estimate of drug-likeness (QED) is 0.781. The summed E-state index contributed by atoms with van der Waals surface area (Å²) in [5.41, 5.74) is 0.669. The fraction of sp³-hybridized carbons (Fsp3) is 0.429. The van der Waals surface area contributed by atoms with Gasteiger partial charge < -0.3 is 20.1 Å². The van der Waals surface area contributed by atoms with Crippen LogP contribution in [-0.4, -0.2) is 39.7 Å². The molecule has 0 fully saturated rings. The Morgan fingerprint density at radius 1 is 1.29 bits per heavy atom. The van der Waals surface area contributed by atoms with Crippen molar-refractivity contribution < 1.29 is 19.1 Å². The lowest BCUT2D eigenvalue weighted by molar-refractivity contribution is -0.119. The monoisotopic (exact) mass is 316 g/mol. The highest BCUT2D eigenvalue weighted by molar-refractivity contribution is 6.02. The van der Waals surface area contributed by atoms with Gasteiger partial charge in [-0.2, -0.15) is 0 Å². The summed E-state index contributed by atoms with van der Waals surface area (Å²) >= 11 is 0. The van der Waals surface area contributed by atoms with E-state index in [4.69, 9.17) is 9.47 Å². The Morgan fingerprint density at radius 3 is 2.48 bits per heavy atom. The molecule has 21 heavy (non-hydrogen) atoms. The van der Waals surface area contributed by atoms with Crippen LogP contribution in [0, 0.1) is 5.92 Å². The van der Waals surface area contributed by atoms with Crippen molar-refractivity contribution in [1.29, 1.82) is 0 Å². The average molecular weight is 317 g/mol. The molecule has 1 atom stereocenters. The van der Waals surface area contributed by atoms with Gasteiger partial charge in [0.15, 0.2) is 0 Å². The minimum atomic E-state index is -0.527. The number of methoxy groups -OCH3 is 2. The maximum absolute atomic E-state index is 12.0. The largest absolute Gasteiger partial charge is 0.497 e. The summed E-state index contributed by atoms with van der Waals surface area (Å²) in [5, 5.41) is 5.65. The number of nitrogens with one attached hydrogen (secondary N) is 2. The first-order valence-corrected chi connectivity index (χ1v) is 6.25. The molecular weight excluding hydrogens is 296 g/mol. The number of ether oxygens (including phenoxy) is 2. The van der Waals surface area contributed by atoms with E-state index in [2.05, 4.69) is 10.6 Å². The normalized spacial score (nSPS) is 11.0. The number of benzene rings is 1. The molecule has 1 amide bonds. The molecule has 1 unspecified atom stereocenters. The number of hydrogen-bond acceptors (Lipinski definition) is 5. The molecule has 0 aromatic heterocycles. The maximum atomic E-state index is 12.0. The summed E-state index contributed by atoms with van der Waals surface area (Å²) in [4.78, 5) is 23.7. The lowest BCUT2D eigenvalue weighted by Gasteiger charge is -2.14. The van der Waals surface area contributed by atoms with E-state index in [1.54, 1.807) is 26.1 Å². The van der Waals surface area contributed by atoms with Crippen LogP contribution >= 0.6 is 12.4 Å². The summed E-state index contributed by atoms with van der Waals surface area (Å²) in [6.07, 6.45) is 0. The Bertz CT molecular complexity index is 494. The van der Waals surface area contributed by atoms with Gasteiger partial charge in [-0.3, -0.25) is 4.79 Å². The second-order valence-electron chi connectivity index (χ2n) is 4.35. The Labute approximate surface area is 130 Å². The van der Waals surface area contributed by atoms with Crippen molar-refractivity contribution in [3.8, 4) is 5.75 Å². The molecule has 118 valence electrons. The van der Waals surface area contributed by atoms with E-state index in [0.717, 1.165) is 0 Å². The van der Waals surface area contributed by atoms with E-state index in [0.29, 0.717) is 18.0 Å². The molecule has 2 N–H and O–H groups in total. The lowest BCUT2D eigenvalue weighted by atomic mass is 10.1. The number of carbonyl (C=O) groups is 2. The first-order valence-electron chi connectivity index (χ1n) is 6.25. The van der Waals surface area contributed by atoms with E-state index in [1.165, 1.54) is 20.3 Å². The topological polar surface area (TPSA) is 76.7 Å². The number of halogens is 1. The van der Waals surface area contributed by atoms with Crippen LogP contribution in [-0.2, 0) is 9.53 Å². The molecule has 6 nitrogen and oxygen atoms in total. The minimum Gasteiger partial charge on any atom is -0.497 e. The number of carbonyl (C=O) groups excluding carboxylic acids is 2. The number of rotatable bonds is 6. The van der Waals surface area contributed by atoms with Crippen LogP contribution in [0.1, 0.15) is 17.3 Å². The van der Waals surface area contributed by atoms with Gasteiger partial charge in [0.1, 0.15) is 5.75 Å². The van der Waals surface area contributed by atoms with Crippen LogP contribution in [0.4, 0.5) is 5.69 Å². The highest BCUT2D eigenvalue weighted by atomic mass is 35.5. The van der Waals surface area contributed by atoms with Gasteiger partial charge in [0.05, 0.1) is 25.5 Å². The number of esters is 1. The Hall–Kier alpha value is -1.79. The Balaban J connectivity index is 0.00000400. The number of amides is 1. The first-order chi connectivity index (χ1) is 9.53. The molecule has 0 aliphatic carbocycles. The van der Waals surface area contributed by atoms with Crippen LogP contribution in [0.25, 0.3) is 0 Å². The van der Waals surface area contributed by atoms with E-state index in [9.17, 15) is 9.59 Å². The van der Waals surface area contributed by atoms with Crippen molar-refractivity contribution in [3.63, 3.8) is 0 Å². The molecule has 0 heterocycles. The van der Waals surface area contributed by atoms with Gasteiger partial charge in [0.25, 0.3) is 0 Å². The van der Waals surface area contributed by atoms with Gasteiger partial charge in [-0.25, -0.2) is 4.79 Å². The fourth-order valence-corrected chi connectivity index (χ4v) is 1.69. The zero-order valence-electron chi connectivity index (χ0n) is 12.6. The first kappa shape index (κ1) is 19.2. The molecule has 1 aromatic rings. The zero-order chi connectivity index (χ0) is 15.1. The minimum absolute atomic E-state index is 0.